The second kappa shape index (κ2) is 10.8. The number of carbonyl (C=O) groups excluding carboxylic acids is 2. The number of fused-ring (bicyclic) bond motifs is 3. The van der Waals surface area contributed by atoms with Crippen molar-refractivity contribution >= 4 is 18.0 Å². The number of nitrogens with one attached hydrogen (secondary N) is 2. The Kier molecular flexibility index (Phi) is 7.83. The van der Waals surface area contributed by atoms with Crippen molar-refractivity contribution < 1.29 is 29.0 Å². The van der Waals surface area contributed by atoms with Gasteiger partial charge in [-0.2, -0.15) is 0 Å². The molecule has 32 heavy (non-hydrogen) atoms. The number of rotatable bonds is 10. The van der Waals surface area contributed by atoms with Crippen LogP contribution in [0.4, 0.5) is 4.79 Å². The molecular weight excluding hydrogens is 412 g/mol. The Morgan fingerprint density at radius 2 is 1.56 bits per heavy atom. The smallest absolute Gasteiger partial charge is 0.407 e. The molecule has 0 aromatic heterocycles. The van der Waals surface area contributed by atoms with Gasteiger partial charge in [0.2, 0.25) is 5.91 Å². The molecule has 3 rings (SSSR count). The van der Waals surface area contributed by atoms with E-state index in [0.717, 1.165) is 22.3 Å². The summed E-state index contributed by atoms with van der Waals surface area (Å²) in [5.74, 6) is -1.62. The highest BCUT2D eigenvalue weighted by atomic mass is 16.5. The maximum atomic E-state index is 12.2. The van der Waals surface area contributed by atoms with Crippen LogP contribution in [0.1, 0.15) is 30.4 Å². The number of hydrogen-bond acceptors (Lipinski definition) is 5. The second-order valence-corrected chi connectivity index (χ2v) is 7.88. The van der Waals surface area contributed by atoms with Crippen molar-refractivity contribution in [2.24, 2.45) is 5.92 Å². The third-order valence-electron chi connectivity index (χ3n) is 5.52. The number of carboxylic acid groups (broad SMARTS) is 1. The summed E-state index contributed by atoms with van der Waals surface area (Å²) in [4.78, 5) is 35.1. The first-order chi connectivity index (χ1) is 15.4. The maximum Gasteiger partial charge on any atom is 0.407 e. The number of methoxy groups -OCH3 is 1. The van der Waals surface area contributed by atoms with E-state index in [1.165, 1.54) is 7.11 Å². The molecule has 2 atom stereocenters. The fourth-order valence-electron chi connectivity index (χ4n) is 3.85. The summed E-state index contributed by atoms with van der Waals surface area (Å²) < 4.78 is 10.3. The molecule has 0 aliphatic heterocycles. The van der Waals surface area contributed by atoms with Gasteiger partial charge in [-0.15, -0.1) is 0 Å². The monoisotopic (exact) mass is 440 g/mol. The number of hydrogen-bond donors (Lipinski definition) is 3. The normalized spacial score (nSPS) is 14.1. The second-order valence-electron chi connectivity index (χ2n) is 7.88. The zero-order valence-corrected chi connectivity index (χ0v) is 18.2. The van der Waals surface area contributed by atoms with Crippen LogP contribution in [-0.4, -0.2) is 56.0 Å². The van der Waals surface area contributed by atoms with E-state index in [9.17, 15) is 14.4 Å². The zero-order chi connectivity index (χ0) is 23.1. The van der Waals surface area contributed by atoms with E-state index in [0.29, 0.717) is 0 Å². The summed E-state index contributed by atoms with van der Waals surface area (Å²) >= 11 is 0. The third kappa shape index (κ3) is 5.64. The molecule has 0 fully saturated rings. The lowest BCUT2D eigenvalue weighted by Gasteiger charge is -2.16. The quantitative estimate of drug-likeness (QED) is 0.524. The Bertz CT molecular complexity index is 931. The average molecular weight is 440 g/mol. The molecule has 0 spiro atoms. The number of amides is 2. The minimum atomic E-state index is -1.14. The first-order valence-corrected chi connectivity index (χ1v) is 10.5. The van der Waals surface area contributed by atoms with E-state index in [4.69, 9.17) is 14.6 Å². The summed E-state index contributed by atoms with van der Waals surface area (Å²) in [5.41, 5.74) is 4.61. The van der Waals surface area contributed by atoms with E-state index in [1.54, 1.807) is 0 Å². The van der Waals surface area contributed by atoms with Crippen LogP contribution in [0.5, 0.6) is 0 Å². The number of aliphatic carboxylic acids is 1. The van der Waals surface area contributed by atoms with Gasteiger partial charge in [-0.25, -0.2) is 9.59 Å². The maximum absolute atomic E-state index is 12.2. The first kappa shape index (κ1) is 23.3. The molecule has 2 aromatic carbocycles. The largest absolute Gasteiger partial charge is 0.479 e. The molecule has 3 N–H and O–H groups in total. The Labute approximate surface area is 186 Å². The minimum absolute atomic E-state index is 0.0145. The predicted molar refractivity (Wildman–Crippen MR) is 118 cm³/mol. The Hall–Kier alpha value is -3.39. The fourth-order valence-corrected chi connectivity index (χ4v) is 3.85. The molecular formula is C24H28N2O6. The van der Waals surface area contributed by atoms with Gasteiger partial charge in [0.1, 0.15) is 6.61 Å². The van der Waals surface area contributed by atoms with Crippen molar-refractivity contribution in [3.8, 4) is 11.1 Å². The first-order valence-electron chi connectivity index (χ1n) is 10.5. The number of carboxylic acids is 1. The standard InChI is InChI=1S/C24H28N2O6/c1-15(11-22(27)25-13-21(31-2)23(28)29)12-26-24(30)32-14-20-18-9-5-3-7-16(18)17-8-4-6-10-19(17)20/h3-10,15,20-21H,11-14H2,1-2H3,(H,25,27)(H,26,30)(H,28,29). The molecule has 0 heterocycles. The Morgan fingerprint density at radius 1 is 0.969 bits per heavy atom. The molecule has 2 amide bonds. The van der Waals surface area contributed by atoms with Gasteiger partial charge in [-0.05, 0) is 28.2 Å². The van der Waals surface area contributed by atoms with Crippen LogP contribution >= 0.6 is 0 Å². The molecule has 1 aliphatic carbocycles. The highest BCUT2D eigenvalue weighted by Crippen LogP contribution is 2.44. The van der Waals surface area contributed by atoms with Gasteiger partial charge in [0.25, 0.3) is 0 Å². The summed E-state index contributed by atoms with van der Waals surface area (Å²) in [6.07, 6.45) is -1.49. The number of alkyl carbamates (subject to hydrolysis) is 1. The molecule has 2 aromatic rings. The van der Waals surface area contributed by atoms with Gasteiger partial charge < -0.3 is 25.2 Å². The van der Waals surface area contributed by atoms with Crippen molar-refractivity contribution in [1.82, 2.24) is 10.6 Å². The van der Waals surface area contributed by atoms with E-state index in [-0.39, 0.29) is 43.9 Å². The zero-order valence-electron chi connectivity index (χ0n) is 18.2. The van der Waals surface area contributed by atoms with E-state index < -0.39 is 18.2 Å². The molecule has 0 bridgehead atoms. The SMILES string of the molecule is COC(CNC(=O)CC(C)CNC(=O)OCC1c2ccccc2-c2ccccc21)C(=O)O. The van der Waals surface area contributed by atoms with Crippen LogP contribution in [0.3, 0.4) is 0 Å². The van der Waals surface area contributed by atoms with Crippen LogP contribution in [0.15, 0.2) is 48.5 Å². The lowest BCUT2D eigenvalue weighted by atomic mass is 9.98. The molecule has 8 heteroatoms. The average Bonchev–Trinajstić information content (AvgIpc) is 3.10. The van der Waals surface area contributed by atoms with Gasteiger partial charge in [0.15, 0.2) is 6.10 Å². The van der Waals surface area contributed by atoms with Gasteiger partial charge >= 0.3 is 12.1 Å². The lowest BCUT2D eigenvalue weighted by Crippen LogP contribution is -2.39. The van der Waals surface area contributed by atoms with Crippen LogP contribution < -0.4 is 10.6 Å². The van der Waals surface area contributed by atoms with E-state index in [1.807, 2.05) is 31.2 Å². The molecule has 0 saturated carbocycles. The van der Waals surface area contributed by atoms with E-state index in [2.05, 4.69) is 34.9 Å². The summed E-state index contributed by atoms with van der Waals surface area (Å²) in [5, 5.41) is 14.1. The van der Waals surface area contributed by atoms with Crippen LogP contribution in [-0.2, 0) is 19.1 Å². The minimum Gasteiger partial charge on any atom is -0.479 e. The molecule has 0 saturated heterocycles. The summed E-state index contributed by atoms with van der Waals surface area (Å²) in [6.45, 7) is 2.19. The van der Waals surface area contributed by atoms with Crippen LogP contribution in [0.2, 0.25) is 0 Å². The lowest BCUT2D eigenvalue weighted by molar-refractivity contribution is -0.148. The molecule has 2 unspecified atom stereocenters. The van der Waals surface area contributed by atoms with Crippen molar-refractivity contribution in [2.45, 2.75) is 25.4 Å². The number of ether oxygens (including phenoxy) is 2. The van der Waals surface area contributed by atoms with E-state index >= 15 is 0 Å². The molecule has 1 aliphatic rings. The summed E-state index contributed by atoms with van der Waals surface area (Å²) in [7, 11) is 1.27. The summed E-state index contributed by atoms with van der Waals surface area (Å²) in [6, 6.07) is 16.2. The highest BCUT2D eigenvalue weighted by Gasteiger charge is 2.29. The van der Waals surface area contributed by atoms with Crippen LogP contribution in [0, 0.1) is 5.92 Å². The Morgan fingerprint density at radius 3 is 2.12 bits per heavy atom. The molecule has 170 valence electrons. The molecule has 8 nitrogen and oxygen atoms in total. The predicted octanol–water partition coefficient (Wildman–Crippen LogP) is 2.77. The van der Waals surface area contributed by atoms with Gasteiger partial charge in [-0.1, -0.05) is 55.5 Å². The van der Waals surface area contributed by atoms with Crippen molar-refractivity contribution in [3.05, 3.63) is 59.7 Å². The highest BCUT2D eigenvalue weighted by molar-refractivity contribution is 5.79. The van der Waals surface area contributed by atoms with Gasteiger partial charge in [0, 0.05) is 26.0 Å². The van der Waals surface area contributed by atoms with Crippen molar-refractivity contribution in [3.63, 3.8) is 0 Å². The Balaban J connectivity index is 1.44. The number of carbonyl (C=O) groups is 3. The molecule has 0 radical (unpaired) electrons. The topological polar surface area (TPSA) is 114 Å². The van der Waals surface area contributed by atoms with Crippen LogP contribution in [0.25, 0.3) is 11.1 Å². The third-order valence-corrected chi connectivity index (χ3v) is 5.52. The van der Waals surface area contributed by atoms with Crippen molar-refractivity contribution in [2.75, 3.05) is 26.8 Å². The van der Waals surface area contributed by atoms with Gasteiger partial charge in [0.05, 0.1) is 6.54 Å². The fraction of sp³-hybridized carbons (Fsp3) is 0.375. The van der Waals surface area contributed by atoms with Crippen molar-refractivity contribution in [1.29, 1.82) is 0 Å². The van der Waals surface area contributed by atoms with Gasteiger partial charge in [-0.3, -0.25) is 4.79 Å². The number of benzene rings is 2.